The molecular formula is C25H44N2O7Si2. The Bertz CT molecular complexity index is 867. The second kappa shape index (κ2) is 13.8. The topological polar surface area (TPSA) is 114 Å². The van der Waals surface area contributed by atoms with Crippen molar-refractivity contribution in [1.29, 1.82) is 0 Å². The van der Waals surface area contributed by atoms with Crippen LogP contribution in [0.4, 0.5) is 4.79 Å². The fraction of sp³-hybridized carbons (Fsp3) is 0.640. The summed E-state index contributed by atoms with van der Waals surface area (Å²) < 4.78 is 15.8. The maximum absolute atomic E-state index is 13.2. The summed E-state index contributed by atoms with van der Waals surface area (Å²) in [5, 5.41) is 12.0. The van der Waals surface area contributed by atoms with Crippen molar-refractivity contribution in [3.8, 4) is 5.75 Å². The zero-order valence-electron chi connectivity index (χ0n) is 23.1. The quantitative estimate of drug-likeness (QED) is 0.165. The molecule has 1 aromatic rings. The van der Waals surface area contributed by atoms with Crippen LogP contribution in [-0.2, 0) is 25.5 Å². The number of carbonyl (C=O) groups excluding carboxylic acids is 3. The molecule has 9 nitrogen and oxygen atoms in total. The van der Waals surface area contributed by atoms with Gasteiger partial charge in [-0.3, -0.25) is 4.79 Å². The van der Waals surface area contributed by atoms with E-state index in [1.165, 1.54) is 0 Å². The summed E-state index contributed by atoms with van der Waals surface area (Å²) >= 11 is 0. The van der Waals surface area contributed by atoms with Crippen molar-refractivity contribution in [2.24, 2.45) is 0 Å². The largest absolute Gasteiger partial charge is 0.497 e. The van der Waals surface area contributed by atoms with E-state index in [-0.39, 0.29) is 26.1 Å². The Kier molecular flexibility index (Phi) is 12.1. The van der Waals surface area contributed by atoms with Crippen LogP contribution in [0.25, 0.3) is 0 Å². The fourth-order valence-corrected chi connectivity index (χ4v) is 4.48. The van der Waals surface area contributed by atoms with E-state index in [0.29, 0.717) is 23.2 Å². The normalized spacial score (nSPS) is 13.4. The molecule has 0 spiro atoms. The molecule has 2 N–H and O–H groups in total. The number of hydrazine groups is 1. The molecule has 1 rings (SSSR count). The van der Waals surface area contributed by atoms with Crippen molar-refractivity contribution in [2.75, 3.05) is 20.3 Å². The molecular weight excluding hydrogens is 496 g/mol. The van der Waals surface area contributed by atoms with E-state index >= 15 is 0 Å². The Morgan fingerprint density at radius 3 is 1.94 bits per heavy atom. The van der Waals surface area contributed by atoms with E-state index in [1.807, 2.05) is 12.1 Å². The summed E-state index contributed by atoms with van der Waals surface area (Å²) in [5.41, 5.74) is 0.806. The van der Waals surface area contributed by atoms with Crippen molar-refractivity contribution in [2.45, 2.75) is 83.3 Å². The number of hydrogen-bond acceptors (Lipinski definition) is 7. The third-order valence-electron chi connectivity index (χ3n) is 5.60. The first kappa shape index (κ1) is 31.7. The Hall–Kier alpha value is -2.38. The first-order chi connectivity index (χ1) is 16.6. The molecule has 2 amide bonds. The van der Waals surface area contributed by atoms with Gasteiger partial charge in [0.15, 0.2) is 0 Å². The number of amides is 2. The molecule has 0 unspecified atom stereocenters. The van der Waals surface area contributed by atoms with Crippen LogP contribution in [-0.4, -0.2) is 70.3 Å². The highest BCUT2D eigenvalue weighted by Gasteiger charge is 2.46. The Morgan fingerprint density at radius 1 is 0.944 bits per heavy atom. The van der Waals surface area contributed by atoms with Crippen LogP contribution in [0.5, 0.6) is 5.75 Å². The van der Waals surface area contributed by atoms with Crippen LogP contribution >= 0.6 is 0 Å². The van der Waals surface area contributed by atoms with Crippen molar-refractivity contribution in [3.63, 3.8) is 0 Å². The molecule has 204 valence electrons. The summed E-state index contributed by atoms with van der Waals surface area (Å²) in [6, 6.07) is 8.66. The average Bonchev–Trinajstić information content (AvgIpc) is 2.79. The molecule has 36 heavy (non-hydrogen) atoms. The van der Waals surface area contributed by atoms with Crippen molar-refractivity contribution >= 4 is 34.1 Å². The zero-order valence-corrected chi connectivity index (χ0v) is 25.1. The lowest BCUT2D eigenvalue weighted by atomic mass is 10.1. The highest BCUT2D eigenvalue weighted by atomic mass is 28.3. The van der Waals surface area contributed by atoms with E-state index in [9.17, 15) is 19.5 Å². The predicted octanol–water partition coefficient (Wildman–Crippen LogP) is 4.42. The van der Waals surface area contributed by atoms with E-state index in [2.05, 4.69) is 44.7 Å². The van der Waals surface area contributed by atoms with Gasteiger partial charge in [0.05, 0.1) is 20.3 Å². The lowest BCUT2D eigenvalue weighted by molar-refractivity contribution is -0.200. The lowest BCUT2D eigenvalue weighted by Crippen LogP contribution is -2.64. The molecule has 0 fully saturated rings. The summed E-state index contributed by atoms with van der Waals surface area (Å²) in [5.74, 6) is -0.932. The van der Waals surface area contributed by atoms with Gasteiger partial charge in [-0.1, -0.05) is 58.3 Å². The van der Waals surface area contributed by atoms with Gasteiger partial charge in [-0.15, -0.1) is 0 Å². The van der Waals surface area contributed by atoms with E-state index in [4.69, 9.17) is 14.2 Å². The molecule has 0 aliphatic heterocycles. The van der Waals surface area contributed by atoms with Crippen LogP contribution in [0.15, 0.2) is 24.3 Å². The highest BCUT2D eigenvalue weighted by Crippen LogP contribution is 2.21. The van der Waals surface area contributed by atoms with Crippen molar-refractivity contribution in [3.05, 3.63) is 29.8 Å². The number of aryl methyl sites for hydroxylation is 1. The number of esters is 1. The minimum Gasteiger partial charge on any atom is -0.497 e. The van der Waals surface area contributed by atoms with Crippen LogP contribution in [0.1, 0.15) is 25.3 Å². The van der Waals surface area contributed by atoms with Gasteiger partial charge in [0.25, 0.3) is 5.72 Å². The van der Waals surface area contributed by atoms with Crippen LogP contribution in [0, 0.1) is 0 Å². The number of ether oxygens (including phenoxy) is 3. The van der Waals surface area contributed by atoms with Gasteiger partial charge >= 0.3 is 12.1 Å². The van der Waals surface area contributed by atoms with Crippen molar-refractivity contribution in [1.82, 2.24) is 10.4 Å². The summed E-state index contributed by atoms with van der Waals surface area (Å²) in [6.07, 6.45) is -0.822. The minimum absolute atomic E-state index is 0.0635. The maximum Gasteiger partial charge on any atom is 0.426 e. The monoisotopic (exact) mass is 540 g/mol. The van der Waals surface area contributed by atoms with Gasteiger partial charge in [-0.2, -0.15) is 0 Å². The number of aliphatic hydroxyl groups is 1. The summed E-state index contributed by atoms with van der Waals surface area (Å²) in [4.78, 5) is 38.7. The number of rotatable bonds is 13. The molecule has 1 atom stereocenters. The summed E-state index contributed by atoms with van der Waals surface area (Å²) in [6.45, 7) is 14.7. The number of nitrogens with zero attached hydrogens (tertiary/aromatic N) is 1. The van der Waals surface area contributed by atoms with Crippen LogP contribution < -0.4 is 10.2 Å². The molecule has 1 aromatic carbocycles. The summed E-state index contributed by atoms with van der Waals surface area (Å²) in [7, 11) is -1.37. The third-order valence-corrected chi connectivity index (χ3v) is 9.01. The molecule has 0 aliphatic carbocycles. The number of carbonyl (C=O) groups is 3. The number of nitrogens with one attached hydrogen (secondary N) is 1. The van der Waals surface area contributed by atoms with Gasteiger partial charge < -0.3 is 19.3 Å². The van der Waals surface area contributed by atoms with E-state index in [1.54, 1.807) is 26.2 Å². The second-order valence-corrected chi connectivity index (χ2v) is 22.5. The van der Waals surface area contributed by atoms with E-state index < -0.39 is 39.8 Å². The molecule has 0 aliphatic rings. The first-order valence-electron chi connectivity index (χ1n) is 12.4. The lowest BCUT2D eigenvalue weighted by Gasteiger charge is -2.36. The average molecular weight is 541 g/mol. The molecule has 0 bridgehead atoms. The highest BCUT2D eigenvalue weighted by molar-refractivity contribution is 6.76. The van der Waals surface area contributed by atoms with Crippen LogP contribution in [0.2, 0.25) is 51.4 Å². The Balaban J connectivity index is 3.03. The molecule has 0 aromatic heterocycles. The first-order valence-corrected chi connectivity index (χ1v) is 19.8. The fourth-order valence-electron chi connectivity index (χ4n) is 3.05. The maximum atomic E-state index is 13.2. The standard InChI is InChI=1S/C25H44N2O7Si2/c1-9-25(31,23(29)33-16-18-35(3,4)5)27(26-24(30)34-17-19-36(6,7)8)22(28)15-12-20-10-13-21(32-2)14-11-20/h10-11,13-14,31H,9,12,15-19H2,1-8H3,(H,26,30)/t25-/m1/s1. The van der Waals surface area contributed by atoms with Gasteiger partial charge in [0.1, 0.15) is 5.75 Å². The SMILES string of the molecule is CC[C@@](O)(C(=O)OCC[Si](C)(C)C)N(NC(=O)OCC[Si](C)(C)C)C(=O)CCc1ccc(OC)cc1. The van der Waals surface area contributed by atoms with Crippen molar-refractivity contribution < 1.29 is 33.7 Å². The number of hydrogen-bond donors (Lipinski definition) is 2. The van der Waals surface area contributed by atoms with Gasteiger partial charge in [0.2, 0.25) is 5.91 Å². The molecule has 0 radical (unpaired) electrons. The van der Waals surface area contributed by atoms with Crippen LogP contribution in [0.3, 0.4) is 0 Å². The second-order valence-electron chi connectivity index (χ2n) is 11.3. The van der Waals surface area contributed by atoms with E-state index in [0.717, 1.165) is 11.6 Å². The Labute approximate surface area is 217 Å². The number of methoxy groups -OCH3 is 1. The zero-order chi connectivity index (χ0) is 27.6. The smallest absolute Gasteiger partial charge is 0.426 e. The minimum atomic E-state index is -2.37. The molecule has 0 saturated heterocycles. The molecule has 0 heterocycles. The number of benzene rings is 1. The predicted molar refractivity (Wildman–Crippen MR) is 145 cm³/mol. The van der Waals surface area contributed by atoms with Gasteiger partial charge in [0, 0.05) is 29.0 Å². The molecule has 11 heteroatoms. The molecule has 0 saturated carbocycles. The Morgan fingerprint density at radius 2 is 1.47 bits per heavy atom. The van der Waals surface area contributed by atoms with Gasteiger partial charge in [-0.25, -0.2) is 20.0 Å². The van der Waals surface area contributed by atoms with Gasteiger partial charge in [-0.05, 0) is 36.2 Å². The third kappa shape index (κ3) is 11.1.